The molecule has 2 aromatic rings. The van der Waals surface area contributed by atoms with Gasteiger partial charge in [0.1, 0.15) is 5.82 Å². The number of nitrogens with one attached hydrogen (secondary N) is 1. The molecule has 2 heterocycles. The van der Waals surface area contributed by atoms with Crippen molar-refractivity contribution in [2.75, 3.05) is 11.9 Å². The molecule has 0 fully saturated rings. The van der Waals surface area contributed by atoms with E-state index >= 15 is 0 Å². The maximum absolute atomic E-state index is 5.86. The lowest BCUT2D eigenvalue weighted by molar-refractivity contribution is 0.444. The van der Waals surface area contributed by atoms with Crippen molar-refractivity contribution in [2.45, 2.75) is 32.2 Å². The molecule has 0 amide bonds. The van der Waals surface area contributed by atoms with Crippen molar-refractivity contribution < 1.29 is 0 Å². The third-order valence-electron chi connectivity index (χ3n) is 3.40. The summed E-state index contributed by atoms with van der Waals surface area (Å²) in [6.45, 7) is 4.88. The zero-order valence-corrected chi connectivity index (χ0v) is 10.3. The Morgan fingerprint density at radius 3 is 2.76 bits per heavy atom. The van der Waals surface area contributed by atoms with Gasteiger partial charge in [-0.25, -0.2) is 9.50 Å². The third kappa shape index (κ3) is 2.24. The minimum atomic E-state index is -0.0641. The van der Waals surface area contributed by atoms with Crippen LogP contribution in [0, 0.1) is 0 Å². The maximum atomic E-state index is 5.86. The molecule has 5 heteroatoms. The average molecular weight is 233 g/mol. The van der Waals surface area contributed by atoms with Gasteiger partial charge in [0.2, 0.25) is 0 Å². The quantitative estimate of drug-likeness (QED) is 0.824. The van der Waals surface area contributed by atoms with Crippen LogP contribution in [0.1, 0.15) is 26.7 Å². The van der Waals surface area contributed by atoms with Crippen molar-refractivity contribution in [3.05, 3.63) is 24.5 Å². The van der Waals surface area contributed by atoms with Crippen LogP contribution in [0.25, 0.3) is 5.65 Å². The molecule has 2 rings (SSSR count). The van der Waals surface area contributed by atoms with Crippen LogP contribution in [0.3, 0.4) is 0 Å². The lowest BCUT2D eigenvalue weighted by atomic mass is 9.93. The average Bonchev–Trinajstić information content (AvgIpc) is 2.83. The van der Waals surface area contributed by atoms with E-state index in [1.54, 1.807) is 10.7 Å². The Morgan fingerprint density at radius 1 is 1.35 bits per heavy atom. The Morgan fingerprint density at radius 2 is 2.12 bits per heavy atom. The Bertz CT molecular complexity index is 478. The fourth-order valence-corrected chi connectivity index (χ4v) is 1.92. The number of nitrogens with two attached hydrogens (primary N) is 1. The van der Waals surface area contributed by atoms with Gasteiger partial charge < -0.3 is 11.1 Å². The van der Waals surface area contributed by atoms with Gasteiger partial charge >= 0.3 is 0 Å². The second-order valence-electron chi connectivity index (χ2n) is 4.26. The van der Waals surface area contributed by atoms with Crippen LogP contribution in [0.4, 0.5) is 5.82 Å². The normalized spacial score (nSPS) is 11.9. The second-order valence-corrected chi connectivity index (χ2v) is 4.26. The molecule has 0 aromatic carbocycles. The van der Waals surface area contributed by atoms with Gasteiger partial charge in [0.25, 0.3) is 0 Å². The van der Waals surface area contributed by atoms with Crippen LogP contribution < -0.4 is 11.1 Å². The zero-order chi connectivity index (χ0) is 12.3. The smallest absolute Gasteiger partial charge is 0.157 e. The van der Waals surface area contributed by atoms with E-state index in [1.807, 2.05) is 18.3 Å². The minimum absolute atomic E-state index is 0.0641. The van der Waals surface area contributed by atoms with Crippen LogP contribution >= 0.6 is 0 Å². The number of fused-ring (bicyclic) bond motifs is 1. The highest BCUT2D eigenvalue weighted by Crippen LogP contribution is 2.20. The van der Waals surface area contributed by atoms with Crippen molar-refractivity contribution in [1.82, 2.24) is 14.6 Å². The van der Waals surface area contributed by atoms with Gasteiger partial charge in [-0.2, -0.15) is 5.10 Å². The number of rotatable bonds is 5. The van der Waals surface area contributed by atoms with Crippen molar-refractivity contribution in [1.29, 1.82) is 0 Å². The number of aromatic nitrogens is 3. The Kier molecular flexibility index (Phi) is 3.28. The number of hydrogen-bond acceptors (Lipinski definition) is 4. The summed E-state index contributed by atoms with van der Waals surface area (Å²) >= 11 is 0. The van der Waals surface area contributed by atoms with E-state index in [1.165, 1.54) is 0 Å². The predicted molar refractivity (Wildman–Crippen MR) is 69.0 cm³/mol. The summed E-state index contributed by atoms with van der Waals surface area (Å²) in [5.41, 5.74) is 6.64. The molecule has 92 valence electrons. The standard InChI is InChI=1S/C12H19N5/c1-3-12(4-2,9-13)16-10-6-8-17-11(15-10)5-7-14-17/h5-8H,3-4,9,13H2,1-2H3,(H,15,16). The minimum Gasteiger partial charge on any atom is -0.363 e. The first-order valence-corrected chi connectivity index (χ1v) is 6.01. The molecule has 17 heavy (non-hydrogen) atoms. The van der Waals surface area contributed by atoms with Crippen molar-refractivity contribution >= 4 is 11.5 Å². The lowest BCUT2D eigenvalue weighted by Crippen LogP contribution is -2.44. The van der Waals surface area contributed by atoms with Crippen LogP contribution in [-0.4, -0.2) is 26.7 Å². The van der Waals surface area contributed by atoms with Crippen LogP contribution in [0.15, 0.2) is 24.5 Å². The van der Waals surface area contributed by atoms with E-state index in [0.29, 0.717) is 6.54 Å². The van der Waals surface area contributed by atoms with Crippen LogP contribution in [0.2, 0.25) is 0 Å². The molecule has 0 spiro atoms. The summed E-state index contributed by atoms with van der Waals surface area (Å²) in [6, 6.07) is 3.81. The first kappa shape index (κ1) is 11.9. The summed E-state index contributed by atoms with van der Waals surface area (Å²) in [6.07, 6.45) is 5.59. The molecular weight excluding hydrogens is 214 g/mol. The SMILES string of the molecule is CCC(CC)(CN)Nc1ccn2nccc2n1. The fraction of sp³-hybridized carbons (Fsp3) is 0.500. The monoisotopic (exact) mass is 233 g/mol. The molecule has 3 N–H and O–H groups in total. The topological polar surface area (TPSA) is 68.2 Å². The van der Waals surface area contributed by atoms with Crippen LogP contribution in [0.5, 0.6) is 0 Å². The van der Waals surface area contributed by atoms with Gasteiger partial charge in [-0.1, -0.05) is 13.8 Å². The van der Waals surface area contributed by atoms with Crippen molar-refractivity contribution in [3.63, 3.8) is 0 Å². The summed E-state index contributed by atoms with van der Waals surface area (Å²) in [5, 5.41) is 7.56. The van der Waals surface area contributed by atoms with Crippen molar-refractivity contribution in [2.24, 2.45) is 5.73 Å². The summed E-state index contributed by atoms with van der Waals surface area (Å²) in [7, 11) is 0. The molecule has 0 aliphatic heterocycles. The van der Waals surface area contributed by atoms with Gasteiger partial charge in [0.05, 0.1) is 11.7 Å². The molecular formula is C12H19N5. The number of hydrogen-bond donors (Lipinski definition) is 2. The summed E-state index contributed by atoms with van der Waals surface area (Å²) < 4.78 is 1.74. The Labute approximate surface area is 101 Å². The van der Waals surface area contributed by atoms with E-state index < -0.39 is 0 Å². The van der Waals surface area contributed by atoms with Gasteiger partial charge in [-0.15, -0.1) is 0 Å². The molecule has 0 saturated carbocycles. The van der Waals surface area contributed by atoms with Gasteiger partial charge in [-0.3, -0.25) is 0 Å². The van der Waals surface area contributed by atoms with Gasteiger partial charge in [0.15, 0.2) is 5.65 Å². The molecule has 5 nitrogen and oxygen atoms in total. The maximum Gasteiger partial charge on any atom is 0.157 e. The highest BCUT2D eigenvalue weighted by atomic mass is 15.2. The lowest BCUT2D eigenvalue weighted by Gasteiger charge is -2.32. The highest BCUT2D eigenvalue weighted by Gasteiger charge is 2.24. The fourth-order valence-electron chi connectivity index (χ4n) is 1.92. The van der Waals surface area contributed by atoms with Gasteiger partial charge in [0, 0.05) is 18.8 Å². The molecule has 0 aliphatic rings. The molecule has 2 aromatic heterocycles. The first-order valence-electron chi connectivity index (χ1n) is 6.01. The van der Waals surface area contributed by atoms with E-state index in [2.05, 4.69) is 29.2 Å². The highest BCUT2D eigenvalue weighted by molar-refractivity contribution is 5.46. The summed E-state index contributed by atoms with van der Waals surface area (Å²) in [5.74, 6) is 0.854. The first-order chi connectivity index (χ1) is 8.23. The number of nitrogens with zero attached hydrogens (tertiary/aromatic N) is 3. The Balaban J connectivity index is 2.27. The molecule has 0 radical (unpaired) electrons. The molecule has 0 bridgehead atoms. The number of anilines is 1. The zero-order valence-electron chi connectivity index (χ0n) is 10.3. The third-order valence-corrected chi connectivity index (χ3v) is 3.40. The van der Waals surface area contributed by atoms with Crippen LogP contribution in [-0.2, 0) is 0 Å². The second kappa shape index (κ2) is 4.71. The molecule has 0 unspecified atom stereocenters. The van der Waals surface area contributed by atoms with E-state index in [-0.39, 0.29) is 5.54 Å². The molecule has 0 atom stereocenters. The molecule has 0 saturated heterocycles. The van der Waals surface area contributed by atoms with Crippen molar-refractivity contribution in [3.8, 4) is 0 Å². The van der Waals surface area contributed by atoms with Gasteiger partial charge in [-0.05, 0) is 18.9 Å². The molecule has 0 aliphatic carbocycles. The van der Waals surface area contributed by atoms with E-state index in [0.717, 1.165) is 24.3 Å². The summed E-state index contributed by atoms with van der Waals surface area (Å²) in [4.78, 5) is 4.50. The largest absolute Gasteiger partial charge is 0.363 e. The Hall–Kier alpha value is -1.62. The van der Waals surface area contributed by atoms with E-state index in [4.69, 9.17) is 5.73 Å². The van der Waals surface area contributed by atoms with E-state index in [9.17, 15) is 0 Å². The predicted octanol–water partition coefficient (Wildman–Crippen LogP) is 1.66.